The normalized spacial score (nSPS) is 16.5. The number of likely N-dealkylation sites (tertiary alicyclic amines) is 1. The molecule has 5 nitrogen and oxygen atoms in total. The summed E-state index contributed by atoms with van der Waals surface area (Å²) in [4.78, 5) is 20.3. The van der Waals surface area contributed by atoms with Gasteiger partial charge in [0.25, 0.3) is 5.56 Å². The maximum absolute atomic E-state index is 11.3. The molecule has 1 aliphatic rings. The van der Waals surface area contributed by atoms with E-state index in [1.807, 2.05) is 0 Å². The summed E-state index contributed by atoms with van der Waals surface area (Å²) < 4.78 is 0. The van der Waals surface area contributed by atoms with Crippen LogP contribution in [0.4, 0.5) is 5.82 Å². The zero-order chi connectivity index (χ0) is 11.2. The van der Waals surface area contributed by atoms with Crippen LogP contribution in [0.5, 0.6) is 0 Å². The van der Waals surface area contributed by atoms with Gasteiger partial charge in [0, 0.05) is 18.9 Å². The summed E-state index contributed by atoms with van der Waals surface area (Å²) in [7, 11) is 0. The molecule has 88 valence electrons. The molecule has 0 saturated carbocycles. The Morgan fingerprint density at radius 2 is 2.25 bits per heavy atom. The third-order valence-electron chi connectivity index (χ3n) is 2.85. The van der Waals surface area contributed by atoms with Crippen molar-refractivity contribution < 1.29 is 0 Å². The van der Waals surface area contributed by atoms with E-state index in [0.29, 0.717) is 5.82 Å². The Hall–Kier alpha value is -1.36. The van der Waals surface area contributed by atoms with Gasteiger partial charge in [0.15, 0.2) is 5.82 Å². The van der Waals surface area contributed by atoms with Crippen molar-refractivity contribution in [1.82, 2.24) is 14.9 Å². The summed E-state index contributed by atoms with van der Waals surface area (Å²) in [5.74, 6) is 0.420. The van der Waals surface area contributed by atoms with E-state index in [1.165, 1.54) is 32.1 Å². The molecule has 0 aliphatic carbocycles. The summed E-state index contributed by atoms with van der Waals surface area (Å²) in [6.07, 6.45) is 6.83. The number of anilines is 1. The van der Waals surface area contributed by atoms with E-state index in [-0.39, 0.29) is 5.56 Å². The quantitative estimate of drug-likeness (QED) is 0.719. The average molecular weight is 222 g/mol. The predicted octanol–water partition coefficient (Wildman–Crippen LogP) is 0.668. The van der Waals surface area contributed by atoms with Crippen LogP contribution in [0.2, 0.25) is 0 Å². The van der Waals surface area contributed by atoms with Gasteiger partial charge >= 0.3 is 0 Å². The fraction of sp³-hybridized carbons (Fsp3) is 0.636. The molecule has 0 aromatic carbocycles. The standard InChI is InChI=1S/C11H18N4O/c16-11-10(13-5-6-14-11)12-4-3-9-15-7-1-2-8-15/h5-6H,1-4,7-9H2,(H,12,13)(H,14,16). The van der Waals surface area contributed by atoms with Gasteiger partial charge in [-0.1, -0.05) is 0 Å². The molecule has 0 atom stereocenters. The van der Waals surface area contributed by atoms with Crippen LogP contribution in [-0.2, 0) is 0 Å². The Morgan fingerprint density at radius 1 is 1.44 bits per heavy atom. The maximum Gasteiger partial charge on any atom is 0.290 e. The van der Waals surface area contributed by atoms with E-state index >= 15 is 0 Å². The van der Waals surface area contributed by atoms with Gasteiger partial charge in [-0.25, -0.2) is 4.98 Å². The highest BCUT2D eigenvalue weighted by Crippen LogP contribution is 2.07. The Kier molecular flexibility index (Phi) is 3.93. The van der Waals surface area contributed by atoms with E-state index in [9.17, 15) is 4.79 Å². The van der Waals surface area contributed by atoms with E-state index in [2.05, 4.69) is 20.2 Å². The Morgan fingerprint density at radius 3 is 3.00 bits per heavy atom. The van der Waals surface area contributed by atoms with Crippen molar-refractivity contribution >= 4 is 5.82 Å². The van der Waals surface area contributed by atoms with Gasteiger partial charge in [0.1, 0.15) is 0 Å². The molecule has 5 heteroatoms. The minimum absolute atomic E-state index is 0.149. The molecule has 0 unspecified atom stereocenters. The Labute approximate surface area is 94.9 Å². The molecule has 2 heterocycles. The van der Waals surface area contributed by atoms with E-state index < -0.39 is 0 Å². The maximum atomic E-state index is 11.3. The van der Waals surface area contributed by atoms with Crippen LogP contribution < -0.4 is 10.9 Å². The van der Waals surface area contributed by atoms with Gasteiger partial charge in [-0.2, -0.15) is 0 Å². The van der Waals surface area contributed by atoms with Crippen LogP contribution in [0.1, 0.15) is 19.3 Å². The molecular formula is C11H18N4O. The molecule has 1 aromatic heterocycles. The Balaban J connectivity index is 1.68. The zero-order valence-corrected chi connectivity index (χ0v) is 9.41. The molecule has 0 radical (unpaired) electrons. The summed E-state index contributed by atoms with van der Waals surface area (Å²) >= 11 is 0. The molecule has 0 amide bonds. The number of hydrogen-bond acceptors (Lipinski definition) is 4. The predicted molar refractivity (Wildman–Crippen MR) is 63.6 cm³/mol. The first-order valence-electron chi connectivity index (χ1n) is 5.86. The molecule has 2 rings (SSSR count). The van der Waals surface area contributed by atoms with Crippen molar-refractivity contribution in [1.29, 1.82) is 0 Å². The minimum atomic E-state index is -0.149. The van der Waals surface area contributed by atoms with E-state index in [0.717, 1.165) is 19.5 Å². The van der Waals surface area contributed by atoms with Crippen molar-refractivity contribution in [3.8, 4) is 0 Å². The fourth-order valence-corrected chi connectivity index (χ4v) is 1.99. The first-order chi connectivity index (χ1) is 7.86. The molecule has 0 bridgehead atoms. The first-order valence-corrected chi connectivity index (χ1v) is 5.86. The van der Waals surface area contributed by atoms with Crippen LogP contribution in [0.15, 0.2) is 17.2 Å². The lowest BCUT2D eigenvalue weighted by atomic mass is 10.4. The van der Waals surface area contributed by atoms with E-state index in [1.54, 1.807) is 6.20 Å². The van der Waals surface area contributed by atoms with Crippen molar-refractivity contribution in [2.45, 2.75) is 19.3 Å². The first kappa shape index (κ1) is 11.1. The summed E-state index contributed by atoms with van der Waals surface area (Å²) in [6, 6.07) is 0. The lowest BCUT2D eigenvalue weighted by molar-refractivity contribution is 0.337. The monoisotopic (exact) mass is 222 g/mol. The van der Waals surface area contributed by atoms with Gasteiger partial charge < -0.3 is 15.2 Å². The molecule has 1 fully saturated rings. The fourth-order valence-electron chi connectivity index (χ4n) is 1.99. The smallest absolute Gasteiger partial charge is 0.290 e. The second-order valence-electron chi connectivity index (χ2n) is 4.10. The summed E-state index contributed by atoms with van der Waals surface area (Å²) in [5.41, 5.74) is -0.149. The van der Waals surface area contributed by atoms with Gasteiger partial charge in [0.05, 0.1) is 0 Å². The second kappa shape index (κ2) is 5.65. The van der Waals surface area contributed by atoms with Crippen LogP contribution >= 0.6 is 0 Å². The lowest BCUT2D eigenvalue weighted by Gasteiger charge is -2.14. The summed E-state index contributed by atoms with van der Waals surface area (Å²) in [6.45, 7) is 4.36. The third kappa shape index (κ3) is 3.06. The molecule has 1 saturated heterocycles. The molecular weight excluding hydrogens is 204 g/mol. The highest BCUT2D eigenvalue weighted by molar-refractivity contribution is 5.29. The number of H-pyrrole nitrogens is 1. The number of nitrogens with zero attached hydrogens (tertiary/aromatic N) is 2. The minimum Gasteiger partial charge on any atom is -0.365 e. The number of rotatable bonds is 5. The average Bonchev–Trinajstić information content (AvgIpc) is 2.79. The topological polar surface area (TPSA) is 61.0 Å². The lowest BCUT2D eigenvalue weighted by Crippen LogP contribution is -2.23. The molecule has 2 N–H and O–H groups in total. The van der Waals surface area contributed by atoms with Crippen molar-refractivity contribution in [3.63, 3.8) is 0 Å². The van der Waals surface area contributed by atoms with Crippen molar-refractivity contribution in [2.75, 3.05) is 31.5 Å². The number of aromatic amines is 1. The van der Waals surface area contributed by atoms with Gasteiger partial charge in [0.2, 0.25) is 0 Å². The Bertz CT molecular complexity index is 370. The number of aromatic nitrogens is 2. The second-order valence-corrected chi connectivity index (χ2v) is 4.10. The highest BCUT2D eigenvalue weighted by Gasteiger charge is 2.10. The molecule has 1 aromatic rings. The third-order valence-corrected chi connectivity index (χ3v) is 2.85. The largest absolute Gasteiger partial charge is 0.365 e. The van der Waals surface area contributed by atoms with Crippen molar-refractivity contribution in [2.24, 2.45) is 0 Å². The summed E-state index contributed by atoms with van der Waals surface area (Å²) in [5, 5.41) is 3.06. The molecule has 0 spiro atoms. The number of hydrogen-bond donors (Lipinski definition) is 2. The molecule has 16 heavy (non-hydrogen) atoms. The molecule has 1 aliphatic heterocycles. The van der Waals surface area contributed by atoms with Gasteiger partial charge in [-0.05, 0) is 38.9 Å². The highest BCUT2D eigenvalue weighted by atomic mass is 16.1. The number of nitrogens with one attached hydrogen (secondary N) is 2. The van der Waals surface area contributed by atoms with Gasteiger partial charge in [-0.15, -0.1) is 0 Å². The van der Waals surface area contributed by atoms with Crippen LogP contribution in [-0.4, -0.2) is 41.0 Å². The SMILES string of the molecule is O=c1[nH]ccnc1NCCCN1CCCC1. The zero-order valence-electron chi connectivity index (χ0n) is 9.41. The van der Waals surface area contributed by atoms with Gasteiger partial charge in [-0.3, -0.25) is 4.79 Å². The van der Waals surface area contributed by atoms with E-state index in [4.69, 9.17) is 0 Å². The van der Waals surface area contributed by atoms with Crippen molar-refractivity contribution in [3.05, 3.63) is 22.7 Å². The van der Waals surface area contributed by atoms with Crippen LogP contribution in [0.3, 0.4) is 0 Å². The van der Waals surface area contributed by atoms with Crippen LogP contribution in [0, 0.1) is 0 Å². The van der Waals surface area contributed by atoms with Crippen LogP contribution in [0.25, 0.3) is 0 Å².